The number of nitrogens with one attached hydrogen (secondary N) is 1. The number of fused-ring (bicyclic) bond motifs is 4. The molecule has 2 aromatic carbocycles. The van der Waals surface area contributed by atoms with E-state index in [-0.39, 0.29) is 28.8 Å². The number of sulfonamides is 2. The van der Waals surface area contributed by atoms with Crippen molar-refractivity contribution in [2.45, 2.75) is 61.9 Å². The van der Waals surface area contributed by atoms with Crippen LogP contribution in [0.2, 0.25) is 5.02 Å². The molecule has 2 heterocycles. The molecular weight excluding hydrogens is 650 g/mol. The van der Waals surface area contributed by atoms with Crippen LogP contribution in [0.3, 0.4) is 0 Å². The number of carbonyl (C=O) groups excluding carboxylic acids is 1. The molecule has 0 unspecified atom stereocenters. The number of ether oxygens (including phenoxy) is 2. The number of hydrogen-bond donors (Lipinski definition) is 1. The minimum Gasteiger partial charge on any atom is -0.490 e. The molecule has 0 aromatic heterocycles. The second-order valence-corrected chi connectivity index (χ2v) is 17.6. The number of hydrogen-bond acceptors (Lipinski definition) is 8. The molecule has 6 rings (SSSR count). The van der Waals surface area contributed by atoms with Crippen LogP contribution in [0.25, 0.3) is 0 Å². The van der Waals surface area contributed by atoms with Gasteiger partial charge in [-0.15, -0.1) is 3.98 Å². The highest BCUT2D eigenvalue weighted by Gasteiger charge is 2.46. The molecular formula is C33H41ClN3O7S2+. The van der Waals surface area contributed by atoms with E-state index < -0.39 is 31.6 Å². The Morgan fingerprint density at radius 3 is 2.63 bits per heavy atom. The summed E-state index contributed by atoms with van der Waals surface area (Å²) < 4.78 is 68.4. The molecule has 0 radical (unpaired) electrons. The molecule has 1 fully saturated rings. The number of carbonyl (C=O) groups is 1. The van der Waals surface area contributed by atoms with Crippen molar-refractivity contribution in [3.63, 3.8) is 0 Å². The van der Waals surface area contributed by atoms with Gasteiger partial charge in [0.2, 0.25) is 0 Å². The monoisotopic (exact) mass is 690 g/mol. The summed E-state index contributed by atoms with van der Waals surface area (Å²) in [5.74, 6) is -0.233. The van der Waals surface area contributed by atoms with E-state index in [9.17, 15) is 21.6 Å². The summed E-state index contributed by atoms with van der Waals surface area (Å²) in [6.45, 7) is 4.50. The van der Waals surface area contributed by atoms with Crippen molar-refractivity contribution >= 4 is 49.0 Å². The lowest BCUT2D eigenvalue weighted by Gasteiger charge is -2.44. The SMILES string of the molecule is C/[N+](=C1\C=C\COC(C)(C)C(=O)NS(=O)(=O)c2ccc3c(c2)N(C[C@@H]2CC[C@@H]12)C[C@@]1(CCCc2cc(Cl)ccc21)CO3)S(C)(=O)=O. The molecule has 10 nitrogen and oxygen atoms in total. The third-order valence-electron chi connectivity index (χ3n) is 10.0. The number of aryl methyl sites for hydroxylation is 1. The van der Waals surface area contributed by atoms with Gasteiger partial charge in [0, 0.05) is 35.5 Å². The smallest absolute Gasteiger partial charge is 0.361 e. The van der Waals surface area contributed by atoms with E-state index in [0.717, 1.165) is 32.1 Å². The predicted octanol–water partition coefficient (Wildman–Crippen LogP) is 4.05. The van der Waals surface area contributed by atoms with Crippen molar-refractivity contribution in [2.24, 2.45) is 11.8 Å². The number of halogens is 1. The zero-order valence-electron chi connectivity index (χ0n) is 26.6. The molecule has 13 heteroatoms. The van der Waals surface area contributed by atoms with E-state index in [1.165, 1.54) is 41.3 Å². The Labute approximate surface area is 276 Å². The van der Waals surface area contributed by atoms with Gasteiger partial charge in [-0.25, -0.2) is 13.1 Å². The average Bonchev–Trinajstić information content (AvgIpc) is 3.12. The van der Waals surface area contributed by atoms with Crippen molar-refractivity contribution in [2.75, 3.05) is 44.5 Å². The predicted molar refractivity (Wildman–Crippen MR) is 177 cm³/mol. The number of allylic oxidation sites excluding steroid dienone is 1. The number of anilines is 1. The molecule has 2 aliphatic carbocycles. The molecule has 2 bridgehead atoms. The molecule has 2 aromatic rings. The van der Waals surface area contributed by atoms with Gasteiger partial charge in [-0.3, -0.25) is 4.79 Å². The minimum atomic E-state index is -4.25. The van der Waals surface area contributed by atoms with E-state index >= 15 is 0 Å². The van der Waals surface area contributed by atoms with E-state index in [4.69, 9.17) is 21.1 Å². The Morgan fingerprint density at radius 1 is 1.13 bits per heavy atom. The second kappa shape index (κ2) is 11.9. The molecule has 46 heavy (non-hydrogen) atoms. The molecule has 2 aliphatic heterocycles. The zero-order chi connectivity index (χ0) is 33.1. The summed E-state index contributed by atoms with van der Waals surface area (Å²) in [6, 6.07) is 10.7. The molecule has 3 atom stereocenters. The molecule has 1 amide bonds. The van der Waals surface area contributed by atoms with Crippen LogP contribution in [-0.4, -0.2) is 77.6 Å². The lowest BCUT2D eigenvalue weighted by molar-refractivity contribution is -0.330. The first-order valence-electron chi connectivity index (χ1n) is 15.6. The highest BCUT2D eigenvalue weighted by Crippen LogP contribution is 2.46. The first kappa shape index (κ1) is 33.0. The van der Waals surface area contributed by atoms with Crippen LogP contribution in [0, 0.1) is 11.8 Å². The lowest BCUT2D eigenvalue weighted by atomic mass is 9.68. The van der Waals surface area contributed by atoms with Crippen molar-refractivity contribution in [3.8, 4) is 5.75 Å². The van der Waals surface area contributed by atoms with Gasteiger partial charge < -0.3 is 14.4 Å². The van der Waals surface area contributed by atoms with Crippen LogP contribution in [0.4, 0.5) is 5.69 Å². The minimum absolute atomic E-state index is 0.0206. The Balaban J connectivity index is 1.49. The molecule has 4 aliphatic rings. The van der Waals surface area contributed by atoms with Crippen molar-refractivity contribution in [1.82, 2.24) is 4.72 Å². The van der Waals surface area contributed by atoms with Crippen molar-refractivity contribution in [3.05, 3.63) is 64.7 Å². The van der Waals surface area contributed by atoms with Gasteiger partial charge in [0.1, 0.15) is 11.4 Å². The first-order valence-corrected chi connectivity index (χ1v) is 19.3. The number of amides is 1. The van der Waals surface area contributed by atoms with Crippen LogP contribution >= 0.6 is 11.6 Å². The lowest BCUT2D eigenvalue weighted by Crippen LogP contribution is -2.50. The van der Waals surface area contributed by atoms with E-state index in [1.54, 1.807) is 31.3 Å². The molecule has 0 saturated heterocycles. The largest absolute Gasteiger partial charge is 0.490 e. The van der Waals surface area contributed by atoms with Gasteiger partial charge in [-0.2, -0.15) is 8.42 Å². The van der Waals surface area contributed by atoms with Crippen LogP contribution in [-0.2, 0) is 41.4 Å². The maximum Gasteiger partial charge on any atom is 0.361 e. The van der Waals surface area contributed by atoms with E-state index in [1.807, 2.05) is 12.1 Å². The Bertz CT molecular complexity index is 1860. The van der Waals surface area contributed by atoms with E-state index in [2.05, 4.69) is 15.7 Å². The van der Waals surface area contributed by atoms with Gasteiger partial charge in [-0.1, -0.05) is 23.7 Å². The topological polar surface area (TPSA) is 122 Å². The maximum atomic E-state index is 13.6. The van der Waals surface area contributed by atoms with Gasteiger partial charge >= 0.3 is 10.0 Å². The summed E-state index contributed by atoms with van der Waals surface area (Å²) >= 11 is 6.40. The average molecular weight is 691 g/mol. The van der Waals surface area contributed by atoms with Crippen molar-refractivity contribution in [1.29, 1.82) is 0 Å². The van der Waals surface area contributed by atoms with E-state index in [0.29, 0.717) is 41.9 Å². The fraction of sp³-hybridized carbons (Fsp3) is 0.515. The Morgan fingerprint density at radius 2 is 1.91 bits per heavy atom. The fourth-order valence-electron chi connectivity index (χ4n) is 7.17. The quantitative estimate of drug-likeness (QED) is 0.445. The van der Waals surface area contributed by atoms with Crippen LogP contribution in [0.5, 0.6) is 5.75 Å². The summed E-state index contributed by atoms with van der Waals surface area (Å²) in [6.07, 6.45) is 9.06. The first-order chi connectivity index (χ1) is 21.6. The summed E-state index contributed by atoms with van der Waals surface area (Å²) in [7, 11) is -6.24. The Kier molecular flexibility index (Phi) is 8.57. The molecule has 1 N–H and O–H groups in total. The van der Waals surface area contributed by atoms with Crippen molar-refractivity contribution < 1.29 is 35.1 Å². The third-order valence-corrected chi connectivity index (χ3v) is 12.8. The zero-order valence-corrected chi connectivity index (χ0v) is 29.0. The number of nitrogens with zero attached hydrogens (tertiary/aromatic N) is 2. The Hall–Kier alpha value is -2.93. The standard InChI is InChI=1S/C33H40ClN3O7S2/c1-32(2)31(38)35-46(41,42)25-11-14-30-29(18-25)37(20-33(21-43-30)15-5-7-22-17-24(34)10-13-27(22)33)19-23-9-12-26(23)28(8-6-16-44-32)36(3)45(4,39)40/h6,8,10-11,13-14,17-18,23,26H,5,7,9,12,15-16,19-21H2,1-4H3/p+1/b8-6+,36-28-/t23-,26+,33-/m0/s1. The molecule has 1 spiro atoms. The van der Waals surface area contributed by atoms with Gasteiger partial charge in [0.15, 0.2) is 12.8 Å². The summed E-state index contributed by atoms with van der Waals surface area (Å²) in [5, 5.41) is 0.688. The van der Waals surface area contributed by atoms with Crippen LogP contribution in [0.15, 0.2) is 53.4 Å². The summed E-state index contributed by atoms with van der Waals surface area (Å²) in [4.78, 5) is 15.3. The van der Waals surface area contributed by atoms with Crippen LogP contribution in [0.1, 0.15) is 50.7 Å². The normalized spacial score (nSPS) is 29.2. The van der Waals surface area contributed by atoms with Gasteiger partial charge in [0.25, 0.3) is 15.9 Å². The maximum absolute atomic E-state index is 13.6. The van der Waals surface area contributed by atoms with Crippen LogP contribution < -0.4 is 14.4 Å². The molecule has 248 valence electrons. The number of benzene rings is 2. The number of rotatable bonds is 1. The van der Waals surface area contributed by atoms with Gasteiger partial charge in [-0.05, 0) is 93.3 Å². The second-order valence-electron chi connectivity index (χ2n) is 13.5. The highest BCUT2D eigenvalue weighted by molar-refractivity contribution is 7.90. The third kappa shape index (κ3) is 6.21. The fourth-order valence-corrected chi connectivity index (χ4v) is 9.06. The van der Waals surface area contributed by atoms with Gasteiger partial charge in [0.05, 0.1) is 30.1 Å². The highest BCUT2D eigenvalue weighted by atomic mass is 35.5. The molecule has 1 saturated carbocycles. The summed E-state index contributed by atoms with van der Waals surface area (Å²) in [5.41, 5.74) is 1.79.